The zero-order chi connectivity index (χ0) is 31.0. The van der Waals surface area contributed by atoms with Crippen molar-refractivity contribution in [3.63, 3.8) is 0 Å². The Morgan fingerprint density at radius 2 is 1.45 bits per heavy atom. The van der Waals surface area contributed by atoms with Crippen molar-refractivity contribution in [2.75, 3.05) is 24.7 Å². The Kier molecular flexibility index (Phi) is 7.46. The maximum Gasteiger partial charge on any atom is 0.386 e. The first-order chi connectivity index (χ1) is 20.9. The third-order valence-corrected chi connectivity index (χ3v) is 10.3. The summed E-state index contributed by atoms with van der Waals surface area (Å²) < 4.78 is 95.2. The molecule has 23 heteroatoms. The predicted octanol–water partition coefficient (Wildman–Crippen LogP) is 1.50. The van der Waals surface area contributed by atoms with Crippen LogP contribution in [0.2, 0.25) is 0 Å². The molecule has 3 aliphatic rings. The third-order valence-electron chi connectivity index (χ3n) is 7.40. The molecule has 3 aliphatic heterocycles. The summed E-state index contributed by atoms with van der Waals surface area (Å²) in [5.74, 6) is 0.0633. The summed E-state index contributed by atoms with van der Waals surface area (Å²) in [5.41, 5.74) is 13.0. The summed E-state index contributed by atoms with van der Waals surface area (Å²) >= 11 is 4.01. The number of ether oxygens (including phenoxy) is 2. The van der Waals surface area contributed by atoms with E-state index in [0.29, 0.717) is 11.2 Å². The van der Waals surface area contributed by atoms with Gasteiger partial charge < -0.3 is 30.0 Å². The van der Waals surface area contributed by atoms with Crippen molar-refractivity contribution in [1.29, 1.82) is 0 Å². The van der Waals surface area contributed by atoms with Gasteiger partial charge in [-0.1, -0.05) is 12.2 Å². The van der Waals surface area contributed by atoms with Crippen LogP contribution in [0.25, 0.3) is 22.3 Å². The van der Waals surface area contributed by atoms with Gasteiger partial charge in [0.05, 0.1) is 31.6 Å². The average Bonchev–Trinajstić information content (AvgIpc) is 3.73. The normalized spacial score (nSPS) is 38.2. The van der Waals surface area contributed by atoms with Crippen LogP contribution in [0.1, 0.15) is 12.5 Å². The Morgan fingerprint density at radius 3 is 2.14 bits per heavy atom. The Morgan fingerprint density at radius 1 is 0.864 bits per heavy atom. The molecule has 4 N–H and O–H groups in total. The lowest BCUT2D eigenvalue weighted by molar-refractivity contribution is -0.0546. The van der Waals surface area contributed by atoms with Gasteiger partial charge in [0, 0.05) is 6.20 Å². The largest absolute Gasteiger partial charge is 0.397 e. The van der Waals surface area contributed by atoms with Gasteiger partial charge in [-0.15, -0.1) is 0 Å². The Hall–Kier alpha value is -2.74. The van der Waals surface area contributed by atoms with Gasteiger partial charge in [-0.2, -0.15) is 0 Å². The highest BCUT2D eigenvalue weighted by atomic mass is 32.7. The second-order valence-corrected chi connectivity index (χ2v) is 15.2. The highest BCUT2D eigenvalue weighted by molar-refractivity contribution is 8.44. The highest BCUT2D eigenvalue weighted by Gasteiger charge is 2.54. The number of aromatic nitrogens is 7. The molecule has 3 fully saturated rings. The van der Waals surface area contributed by atoms with Gasteiger partial charge in [-0.25, -0.2) is 38.3 Å². The van der Waals surface area contributed by atoms with Crippen molar-refractivity contribution in [3.8, 4) is 0 Å². The quantitative estimate of drug-likeness (QED) is 0.156. The second kappa shape index (κ2) is 11.0. The van der Waals surface area contributed by atoms with E-state index in [1.165, 1.54) is 40.4 Å². The molecule has 10 atom stereocenters. The van der Waals surface area contributed by atoms with Crippen LogP contribution in [0.3, 0.4) is 0 Å². The van der Waals surface area contributed by atoms with Crippen LogP contribution < -0.4 is 11.5 Å². The molecule has 4 aromatic heterocycles. The zero-order valence-corrected chi connectivity index (χ0v) is 25.3. The lowest BCUT2D eigenvalue weighted by Gasteiger charge is -2.29. The highest BCUT2D eigenvalue weighted by Crippen LogP contribution is 2.58. The molecule has 0 saturated carbocycles. The summed E-state index contributed by atoms with van der Waals surface area (Å²) in [6.07, 6.45) is -7.32. The fourth-order valence-electron chi connectivity index (χ4n) is 5.36. The molecule has 3 saturated heterocycles. The van der Waals surface area contributed by atoms with Gasteiger partial charge in [0.15, 0.2) is 41.9 Å². The molecule has 17 nitrogen and oxygen atoms in total. The summed E-state index contributed by atoms with van der Waals surface area (Å²) in [5, 5.41) is 0. The van der Waals surface area contributed by atoms with E-state index in [4.69, 9.17) is 39.0 Å². The van der Waals surface area contributed by atoms with Gasteiger partial charge in [-0.3, -0.25) is 22.7 Å². The molecule has 0 aliphatic carbocycles. The van der Waals surface area contributed by atoms with E-state index in [0.717, 1.165) is 7.57 Å². The molecular formula is C21H24BF2N9O8P2S. The summed E-state index contributed by atoms with van der Waals surface area (Å²) in [7, 11) is -2.95. The summed E-state index contributed by atoms with van der Waals surface area (Å²) in [6.45, 7) is -5.53. The van der Waals surface area contributed by atoms with Gasteiger partial charge in [0.25, 0.3) is 15.0 Å². The lowest BCUT2D eigenvalue weighted by atomic mass is 10.1. The lowest BCUT2D eigenvalue weighted by Crippen LogP contribution is -2.37. The summed E-state index contributed by atoms with van der Waals surface area (Å²) in [4.78, 5) is 20.4. The van der Waals surface area contributed by atoms with Crippen molar-refractivity contribution in [2.45, 2.75) is 49.2 Å². The van der Waals surface area contributed by atoms with Crippen LogP contribution in [0.4, 0.5) is 20.3 Å². The molecule has 7 rings (SSSR count). The number of nitrogen functional groups attached to an aromatic ring is 2. The maximum atomic E-state index is 16.0. The average molecular weight is 673 g/mol. The minimum Gasteiger partial charge on any atom is -0.397 e. The van der Waals surface area contributed by atoms with Crippen LogP contribution >= 0.6 is 26.5 Å². The fourth-order valence-corrected chi connectivity index (χ4v) is 8.02. The Balaban J connectivity index is 1.17. The standard InChI is InChI=1S/C21H24BF2N9O8P2S/c22-42(34)36-3-9-16(12(24)21(38-9)33-7-31-14-17(26)28-5-29-19(14)33)41-43(35,44)37-4-10-15(40-42)11(23)20(39-10)32-6-30-13-8(25)1-2-27-18(13)32/h1-2,5-7,9-12,15-16,20-21H,3-4,22H2,(H2,25,27)(H,35,44)(H2,26,28,29)/t9-,10?,11-,12-,15-,16-,20-,21-,42+,43+/m1/s1. The SMILES string of the molecule is B[P@]1(=O)OC[C@H]2O[C@@H](n3cnc4c(N)ncnc43)[C@H](F)[C@@H]2O[P@@](=O)(S)OCC2O[C@@H](n3cnc4c(N)ccnc43)[C@H](F)[C@@H]2O1. The van der Waals surface area contributed by atoms with Crippen molar-refractivity contribution in [3.05, 3.63) is 31.2 Å². The fraction of sp³-hybridized carbons (Fsp3) is 0.476. The molecule has 0 aromatic carbocycles. The van der Waals surface area contributed by atoms with Crippen LogP contribution in [0, 0.1) is 0 Å². The molecule has 44 heavy (non-hydrogen) atoms. The number of hydrogen-bond donors (Lipinski definition) is 3. The number of rotatable bonds is 2. The van der Waals surface area contributed by atoms with Gasteiger partial charge in [0.1, 0.15) is 41.8 Å². The molecule has 234 valence electrons. The number of halogens is 2. The number of hydrogen-bond acceptors (Lipinski definition) is 15. The van der Waals surface area contributed by atoms with Crippen molar-refractivity contribution in [1.82, 2.24) is 34.1 Å². The first-order valence-corrected chi connectivity index (χ1v) is 17.8. The number of pyridine rings is 1. The molecular weight excluding hydrogens is 649 g/mol. The number of fused-ring (bicyclic) bond motifs is 4. The molecule has 1 unspecified atom stereocenters. The van der Waals surface area contributed by atoms with E-state index >= 15 is 8.78 Å². The second-order valence-electron chi connectivity index (χ2n) is 10.3. The van der Waals surface area contributed by atoms with E-state index in [2.05, 4.69) is 37.2 Å². The Bertz CT molecular complexity index is 1710. The van der Waals surface area contributed by atoms with Crippen molar-refractivity contribution in [2.24, 2.45) is 0 Å². The van der Waals surface area contributed by atoms with Gasteiger partial charge in [-0.05, 0) is 6.07 Å². The predicted molar refractivity (Wildman–Crippen MR) is 154 cm³/mol. The first-order valence-electron chi connectivity index (χ1n) is 13.1. The minimum atomic E-state index is -4.36. The van der Waals surface area contributed by atoms with Crippen LogP contribution in [-0.2, 0) is 36.7 Å². The van der Waals surface area contributed by atoms with E-state index in [1.54, 1.807) is 0 Å². The third kappa shape index (κ3) is 5.19. The molecule has 7 heterocycles. The van der Waals surface area contributed by atoms with Gasteiger partial charge in [0.2, 0.25) is 0 Å². The number of imidazole rings is 2. The number of nitrogens with zero attached hydrogens (tertiary/aromatic N) is 7. The van der Waals surface area contributed by atoms with Crippen molar-refractivity contribution >= 4 is 67.9 Å². The number of anilines is 2. The van der Waals surface area contributed by atoms with E-state index < -0.39 is 76.7 Å². The molecule has 0 spiro atoms. The monoisotopic (exact) mass is 673 g/mol. The zero-order valence-electron chi connectivity index (χ0n) is 22.6. The van der Waals surface area contributed by atoms with E-state index in [-0.39, 0.29) is 22.6 Å². The van der Waals surface area contributed by atoms with E-state index in [1.807, 2.05) is 0 Å². The smallest absolute Gasteiger partial charge is 0.386 e. The van der Waals surface area contributed by atoms with Crippen LogP contribution in [-0.4, -0.2) is 91.6 Å². The van der Waals surface area contributed by atoms with Crippen molar-refractivity contribution < 1.29 is 45.5 Å². The first kappa shape index (κ1) is 29.9. The maximum absolute atomic E-state index is 16.0. The van der Waals surface area contributed by atoms with Crippen LogP contribution in [0.15, 0.2) is 31.2 Å². The minimum absolute atomic E-state index is 0.0633. The number of nitrogens with two attached hydrogens (primary N) is 2. The van der Waals surface area contributed by atoms with Crippen LogP contribution in [0.5, 0.6) is 0 Å². The number of alkyl halides is 2. The molecule has 0 bridgehead atoms. The molecule has 0 radical (unpaired) electrons. The summed E-state index contributed by atoms with van der Waals surface area (Å²) in [6, 6.07) is 1.53. The van der Waals surface area contributed by atoms with Gasteiger partial charge >= 0.3 is 6.80 Å². The molecule has 0 amide bonds. The topological polar surface area (TPSA) is 216 Å². The Labute approximate surface area is 252 Å². The van der Waals surface area contributed by atoms with E-state index in [9.17, 15) is 9.13 Å². The molecule has 4 aromatic rings. The number of thiol groups is 1.